The van der Waals surface area contributed by atoms with Crippen LogP contribution in [-0.4, -0.2) is 17.0 Å². The second kappa shape index (κ2) is 4.15. The summed E-state index contributed by atoms with van der Waals surface area (Å²) in [5.41, 5.74) is 1.84. The summed E-state index contributed by atoms with van der Waals surface area (Å²) in [5.74, 6) is -0.226. The Hall–Kier alpha value is -1.15. The Bertz CT molecular complexity index is 342. The van der Waals surface area contributed by atoms with Gasteiger partial charge in [0.05, 0.1) is 0 Å². The number of benzene rings is 1. The average molecular weight is 206 g/mol. The lowest BCUT2D eigenvalue weighted by Crippen LogP contribution is -2.17. The van der Waals surface area contributed by atoms with Crippen molar-refractivity contribution in [2.24, 2.45) is 0 Å². The maximum absolute atomic E-state index is 11.5. The molecule has 1 aromatic carbocycles. The van der Waals surface area contributed by atoms with Gasteiger partial charge < -0.3 is 5.11 Å². The molecule has 0 saturated heterocycles. The summed E-state index contributed by atoms with van der Waals surface area (Å²) in [6, 6.07) is 7.43. The number of aliphatic hydroxyl groups is 1. The zero-order valence-corrected chi connectivity index (χ0v) is 9.74. The highest BCUT2D eigenvalue weighted by Crippen LogP contribution is 2.22. The molecule has 2 heteroatoms. The molecule has 0 spiro atoms. The van der Waals surface area contributed by atoms with Gasteiger partial charge in [0.1, 0.15) is 6.10 Å². The average Bonchev–Trinajstić information content (AvgIpc) is 2.15. The van der Waals surface area contributed by atoms with Crippen LogP contribution in [0, 0.1) is 0 Å². The number of Topliss-reactive ketones (excluding diaryl/α,β-unsaturated/α-hetero) is 1. The third-order valence-electron chi connectivity index (χ3n) is 2.41. The molecule has 1 rings (SSSR count). The number of carbonyl (C=O) groups is 1. The van der Waals surface area contributed by atoms with E-state index in [9.17, 15) is 4.79 Å². The first kappa shape index (κ1) is 11.9. The highest BCUT2D eigenvalue weighted by atomic mass is 16.3. The minimum atomic E-state index is -0.925. The van der Waals surface area contributed by atoms with E-state index < -0.39 is 6.10 Å². The van der Waals surface area contributed by atoms with Gasteiger partial charge in [-0.25, -0.2) is 0 Å². The summed E-state index contributed by atoms with van der Waals surface area (Å²) in [6.45, 7) is 7.86. The van der Waals surface area contributed by atoms with E-state index in [-0.39, 0.29) is 11.2 Å². The maximum Gasteiger partial charge on any atom is 0.190 e. The van der Waals surface area contributed by atoms with Crippen molar-refractivity contribution in [3.05, 3.63) is 35.4 Å². The van der Waals surface area contributed by atoms with Crippen molar-refractivity contribution >= 4 is 5.78 Å². The lowest BCUT2D eigenvalue weighted by Gasteiger charge is -2.19. The van der Waals surface area contributed by atoms with Crippen molar-refractivity contribution < 1.29 is 9.90 Å². The molecule has 0 saturated carbocycles. The fourth-order valence-corrected chi connectivity index (χ4v) is 1.38. The fraction of sp³-hybridized carbons (Fsp3) is 0.462. The normalized spacial score (nSPS) is 13.7. The maximum atomic E-state index is 11.5. The third kappa shape index (κ3) is 2.90. The second-order valence-corrected chi connectivity index (χ2v) is 4.87. The predicted octanol–water partition coefficient (Wildman–Crippen LogP) is 2.55. The molecule has 0 radical (unpaired) electrons. The van der Waals surface area contributed by atoms with Gasteiger partial charge in [-0.05, 0) is 17.9 Å². The Morgan fingerprint density at radius 3 is 2.00 bits per heavy atom. The fourth-order valence-electron chi connectivity index (χ4n) is 1.38. The van der Waals surface area contributed by atoms with Gasteiger partial charge in [0.15, 0.2) is 5.78 Å². The quantitative estimate of drug-likeness (QED) is 0.755. The summed E-state index contributed by atoms with van der Waals surface area (Å²) in [7, 11) is 0. The first-order chi connectivity index (χ1) is 6.82. The van der Waals surface area contributed by atoms with Gasteiger partial charge in [-0.3, -0.25) is 4.79 Å². The number of aliphatic hydroxyl groups excluding tert-OH is 1. The van der Waals surface area contributed by atoms with Crippen molar-refractivity contribution in [1.82, 2.24) is 0 Å². The summed E-state index contributed by atoms with van der Waals surface area (Å²) in [4.78, 5) is 11.5. The van der Waals surface area contributed by atoms with Crippen LogP contribution >= 0.6 is 0 Å². The van der Waals surface area contributed by atoms with E-state index in [0.29, 0.717) is 5.56 Å². The SMILES string of the molecule is CC(O)C(=O)c1ccc(C(C)(C)C)cc1. The summed E-state index contributed by atoms with van der Waals surface area (Å²) in [6.07, 6.45) is -0.925. The van der Waals surface area contributed by atoms with Crippen molar-refractivity contribution in [3.63, 3.8) is 0 Å². The van der Waals surface area contributed by atoms with Crippen LogP contribution in [0.4, 0.5) is 0 Å². The van der Waals surface area contributed by atoms with Gasteiger partial charge in [-0.15, -0.1) is 0 Å². The molecule has 1 unspecified atom stereocenters. The zero-order chi connectivity index (χ0) is 11.6. The van der Waals surface area contributed by atoms with E-state index in [4.69, 9.17) is 5.11 Å². The highest BCUT2D eigenvalue weighted by molar-refractivity contribution is 5.99. The molecule has 0 aliphatic carbocycles. The molecule has 1 N–H and O–H groups in total. The van der Waals surface area contributed by atoms with Gasteiger partial charge in [0, 0.05) is 5.56 Å². The molecule has 0 aliphatic rings. The molecule has 0 aliphatic heterocycles. The van der Waals surface area contributed by atoms with Crippen LogP contribution in [0.3, 0.4) is 0 Å². The van der Waals surface area contributed by atoms with E-state index in [1.54, 1.807) is 12.1 Å². The molecule has 1 atom stereocenters. The number of carbonyl (C=O) groups excluding carboxylic acids is 1. The zero-order valence-electron chi connectivity index (χ0n) is 9.74. The third-order valence-corrected chi connectivity index (χ3v) is 2.41. The minimum Gasteiger partial charge on any atom is -0.385 e. The number of hydrogen-bond donors (Lipinski definition) is 1. The van der Waals surface area contributed by atoms with Crippen molar-refractivity contribution in [2.75, 3.05) is 0 Å². The smallest absolute Gasteiger partial charge is 0.190 e. The van der Waals surface area contributed by atoms with Gasteiger partial charge in [0.25, 0.3) is 0 Å². The van der Waals surface area contributed by atoms with E-state index in [2.05, 4.69) is 20.8 Å². The van der Waals surface area contributed by atoms with Crippen LogP contribution in [-0.2, 0) is 5.41 Å². The molecule has 2 nitrogen and oxygen atoms in total. The summed E-state index contributed by atoms with van der Waals surface area (Å²) >= 11 is 0. The predicted molar refractivity (Wildman–Crippen MR) is 61.2 cm³/mol. The minimum absolute atomic E-state index is 0.0897. The topological polar surface area (TPSA) is 37.3 Å². The number of ketones is 1. The molecule has 15 heavy (non-hydrogen) atoms. The summed E-state index contributed by atoms with van der Waals surface area (Å²) in [5, 5.41) is 9.15. The van der Waals surface area contributed by atoms with Gasteiger partial charge >= 0.3 is 0 Å². The van der Waals surface area contributed by atoms with E-state index in [1.807, 2.05) is 12.1 Å². The molecule has 0 bridgehead atoms. The highest BCUT2D eigenvalue weighted by Gasteiger charge is 2.15. The van der Waals surface area contributed by atoms with Gasteiger partial charge in [-0.1, -0.05) is 45.0 Å². The Balaban J connectivity index is 2.96. The monoisotopic (exact) mass is 206 g/mol. The lowest BCUT2D eigenvalue weighted by atomic mass is 9.86. The molecule has 1 aromatic rings. The van der Waals surface area contributed by atoms with E-state index in [0.717, 1.165) is 0 Å². The Morgan fingerprint density at radius 1 is 1.20 bits per heavy atom. The van der Waals surface area contributed by atoms with Gasteiger partial charge in [0.2, 0.25) is 0 Å². The van der Waals surface area contributed by atoms with Crippen LogP contribution in [0.2, 0.25) is 0 Å². The Kier molecular flexibility index (Phi) is 3.30. The van der Waals surface area contributed by atoms with Crippen molar-refractivity contribution in [3.8, 4) is 0 Å². The first-order valence-electron chi connectivity index (χ1n) is 5.15. The standard InChI is InChI=1S/C13H18O2/c1-9(14)12(15)10-5-7-11(8-6-10)13(2,3)4/h5-9,14H,1-4H3. The molecule has 82 valence electrons. The molecule has 0 amide bonds. The Labute approximate surface area is 90.9 Å². The molecular formula is C13H18O2. The Morgan fingerprint density at radius 2 is 1.67 bits per heavy atom. The van der Waals surface area contributed by atoms with Crippen LogP contribution < -0.4 is 0 Å². The van der Waals surface area contributed by atoms with Crippen LogP contribution in [0.1, 0.15) is 43.6 Å². The molecule has 0 fully saturated rings. The molecular weight excluding hydrogens is 188 g/mol. The largest absolute Gasteiger partial charge is 0.385 e. The summed E-state index contributed by atoms with van der Waals surface area (Å²) < 4.78 is 0. The molecule has 0 heterocycles. The van der Waals surface area contributed by atoms with Crippen LogP contribution in [0.15, 0.2) is 24.3 Å². The number of rotatable bonds is 2. The van der Waals surface area contributed by atoms with Gasteiger partial charge in [-0.2, -0.15) is 0 Å². The van der Waals surface area contributed by atoms with Crippen LogP contribution in [0.25, 0.3) is 0 Å². The second-order valence-electron chi connectivity index (χ2n) is 4.87. The number of hydrogen-bond acceptors (Lipinski definition) is 2. The van der Waals surface area contributed by atoms with Crippen molar-refractivity contribution in [1.29, 1.82) is 0 Å². The van der Waals surface area contributed by atoms with Crippen molar-refractivity contribution in [2.45, 2.75) is 39.2 Å². The molecule has 0 aromatic heterocycles. The van der Waals surface area contributed by atoms with Crippen LogP contribution in [0.5, 0.6) is 0 Å². The lowest BCUT2D eigenvalue weighted by molar-refractivity contribution is 0.0779. The van der Waals surface area contributed by atoms with E-state index in [1.165, 1.54) is 12.5 Å². The first-order valence-corrected chi connectivity index (χ1v) is 5.15. The van der Waals surface area contributed by atoms with E-state index >= 15 is 0 Å².